The Bertz CT molecular complexity index is 2990. The summed E-state index contributed by atoms with van der Waals surface area (Å²) in [6, 6.07) is 38.2. The van der Waals surface area contributed by atoms with E-state index in [4.69, 9.17) is 4.98 Å². The van der Waals surface area contributed by atoms with Crippen LogP contribution in [-0.4, -0.2) is 85.8 Å². The highest BCUT2D eigenvalue weighted by Crippen LogP contribution is 2.32. The van der Waals surface area contributed by atoms with E-state index in [9.17, 15) is 41.0 Å². The van der Waals surface area contributed by atoms with Gasteiger partial charge < -0.3 is 20.6 Å². The SMILES string of the molecule is FC(F)(F)c1ccc(CC[C@@H]2CCCN2)cc1.I.O=C(O)c1c(-c2ccccc2)nc2ccccn12.O=C(c1c(-c2ccccc2)nc2ccccn12)N1CCC[C@H]1CNc1ccc(C(F)(F)F)cn1.[B]. The standard InChI is InChI=1S/C25H22F3N5O.C14H10N2O2.C13H16F3N.B.HI/c26-25(27,28)18-11-12-20(29-15-18)30-16-19-9-6-14-32(19)24(34)23-22(17-7-2-1-3-8-17)31-21-10-4-5-13-33(21)23;17-14(18)13-12(10-6-2-1-3-7-10)15-11-8-4-5-9-16(11)13;14-13(15,16)11-6-3-10(4-7-11)5-8-12-2-1-9-17-12;;/h1-5,7-8,10-13,15,19H,6,9,14,16H2,(H,29,30);1-9H,(H,17,18);3-4,6-7,12,17H,1-2,5,8-9H2;;1H/t19-;;12-;;/m0.0../s1. The lowest BCUT2D eigenvalue weighted by molar-refractivity contribution is -0.138. The highest BCUT2D eigenvalue weighted by atomic mass is 127. The molecule has 2 saturated heterocycles. The summed E-state index contributed by atoms with van der Waals surface area (Å²) in [4.78, 5) is 40.0. The maximum Gasteiger partial charge on any atom is 0.417 e. The van der Waals surface area contributed by atoms with Crippen molar-refractivity contribution in [2.75, 3.05) is 25.0 Å². The molecule has 3 N–H and O–H groups in total. The predicted octanol–water partition coefficient (Wildman–Crippen LogP) is 11.5. The molecule has 3 radical (unpaired) electrons. The van der Waals surface area contributed by atoms with Crippen molar-refractivity contribution in [3.05, 3.63) is 180 Å². The number of likely N-dealkylation sites (tertiary alicyclic amines) is 1. The zero-order valence-corrected chi connectivity index (χ0v) is 40.5. The summed E-state index contributed by atoms with van der Waals surface area (Å²) in [5.41, 5.74) is 4.41. The number of carbonyl (C=O) groups excluding carboxylic acids is 1. The van der Waals surface area contributed by atoms with Crippen LogP contribution in [0.3, 0.4) is 0 Å². The zero-order chi connectivity index (χ0) is 48.5. The number of benzene rings is 3. The van der Waals surface area contributed by atoms with Gasteiger partial charge in [0.1, 0.15) is 34.2 Å². The van der Waals surface area contributed by atoms with Gasteiger partial charge in [-0.1, -0.05) is 84.9 Å². The fourth-order valence-electron chi connectivity index (χ4n) is 8.54. The second-order valence-corrected chi connectivity index (χ2v) is 16.6. The van der Waals surface area contributed by atoms with Gasteiger partial charge in [-0.25, -0.2) is 19.7 Å². The first-order valence-electron chi connectivity index (χ1n) is 22.5. The van der Waals surface area contributed by atoms with E-state index >= 15 is 0 Å². The lowest BCUT2D eigenvalue weighted by Crippen LogP contribution is -2.40. The van der Waals surface area contributed by atoms with E-state index < -0.39 is 29.4 Å². The number of carboxylic acids is 1. The molecule has 0 unspecified atom stereocenters. The van der Waals surface area contributed by atoms with E-state index in [2.05, 4.69) is 20.6 Å². The monoisotopic (exact) mass is 1090 g/mol. The Morgan fingerprint density at radius 2 is 1.23 bits per heavy atom. The number of rotatable bonds is 10. The number of anilines is 1. The molecule has 19 heteroatoms. The molecule has 0 saturated carbocycles. The molecular weight excluding hydrogens is 1040 g/mol. The van der Waals surface area contributed by atoms with Gasteiger partial charge in [0, 0.05) is 63.3 Å². The molecule has 7 heterocycles. The number of aromatic nitrogens is 5. The number of aryl methyl sites for hydroxylation is 1. The molecule has 0 spiro atoms. The number of halogens is 7. The first-order chi connectivity index (χ1) is 33.2. The number of amides is 1. The topological polar surface area (TPSA) is 129 Å². The lowest BCUT2D eigenvalue weighted by atomic mass is 10.0. The van der Waals surface area contributed by atoms with E-state index in [0.717, 1.165) is 73.3 Å². The average molecular weight is 1090 g/mol. The Balaban J connectivity index is 0.000000189. The van der Waals surface area contributed by atoms with Gasteiger partial charge in [0.25, 0.3) is 5.91 Å². The molecule has 5 aromatic heterocycles. The third-order valence-electron chi connectivity index (χ3n) is 12.0. The molecule has 2 atom stereocenters. The lowest BCUT2D eigenvalue weighted by Gasteiger charge is -2.25. The molecule has 3 aromatic carbocycles. The van der Waals surface area contributed by atoms with Gasteiger partial charge in [-0.2, -0.15) is 26.3 Å². The second kappa shape index (κ2) is 23.9. The van der Waals surface area contributed by atoms with E-state index in [1.54, 1.807) is 34.9 Å². The number of pyridine rings is 3. The van der Waals surface area contributed by atoms with Gasteiger partial charge >= 0.3 is 18.3 Å². The van der Waals surface area contributed by atoms with Gasteiger partial charge in [0.05, 0.1) is 11.1 Å². The Morgan fingerprint density at radius 1 is 0.676 bits per heavy atom. The minimum Gasteiger partial charge on any atom is -0.476 e. The van der Waals surface area contributed by atoms with Gasteiger partial charge in [-0.3, -0.25) is 13.6 Å². The van der Waals surface area contributed by atoms with Crippen LogP contribution in [-0.2, 0) is 18.8 Å². The van der Waals surface area contributed by atoms with Crippen LogP contribution in [0.2, 0.25) is 0 Å². The maximum absolute atomic E-state index is 13.8. The molecule has 0 bridgehead atoms. The van der Waals surface area contributed by atoms with E-state index in [0.29, 0.717) is 53.3 Å². The largest absolute Gasteiger partial charge is 0.476 e. The van der Waals surface area contributed by atoms with Crippen LogP contribution < -0.4 is 10.6 Å². The quantitative estimate of drug-likeness (QED) is 0.0702. The molecule has 2 aliphatic rings. The number of hydrogen-bond acceptors (Lipinski definition) is 7. The summed E-state index contributed by atoms with van der Waals surface area (Å²) in [5, 5.41) is 15.8. The fraction of sp³-hybridized carbons (Fsp3) is 0.250. The van der Waals surface area contributed by atoms with Crippen molar-refractivity contribution in [2.45, 2.75) is 63.0 Å². The number of carboxylic acid groups (broad SMARTS) is 1. The third kappa shape index (κ3) is 13.2. The number of imidazole rings is 2. The van der Waals surface area contributed by atoms with Gasteiger partial charge in [-0.15, -0.1) is 24.0 Å². The molecule has 1 amide bonds. The summed E-state index contributed by atoms with van der Waals surface area (Å²) < 4.78 is 78.8. The van der Waals surface area contributed by atoms with Crippen LogP contribution in [0.1, 0.15) is 69.8 Å². The first kappa shape index (κ1) is 53.6. The van der Waals surface area contributed by atoms with E-state index in [1.165, 1.54) is 18.9 Å². The summed E-state index contributed by atoms with van der Waals surface area (Å²) in [6.07, 6.45) is 1.56. The third-order valence-corrected chi connectivity index (χ3v) is 12.0. The van der Waals surface area contributed by atoms with Crippen molar-refractivity contribution in [3.8, 4) is 22.5 Å². The van der Waals surface area contributed by atoms with Crippen LogP contribution in [0.5, 0.6) is 0 Å². The van der Waals surface area contributed by atoms with Crippen LogP contribution >= 0.6 is 24.0 Å². The molecule has 367 valence electrons. The second-order valence-electron chi connectivity index (χ2n) is 16.6. The smallest absolute Gasteiger partial charge is 0.417 e. The number of carbonyl (C=O) groups is 2. The normalized spacial score (nSPS) is 15.4. The predicted molar refractivity (Wildman–Crippen MR) is 272 cm³/mol. The fourth-order valence-corrected chi connectivity index (χ4v) is 8.54. The van der Waals surface area contributed by atoms with Gasteiger partial charge in [0.2, 0.25) is 0 Å². The highest BCUT2D eigenvalue weighted by Gasteiger charge is 2.34. The maximum atomic E-state index is 13.8. The Hall–Kier alpha value is -6.74. The molecular formula is C52H49BF6IN8O3. The Morgan fingerprint density at radius 3 is 1.75 bits per heavy atom. The molecule has 2 fully saturated rings. The van der Waals surface area contributed by atoms with E-state index in [1.807, 2.05) is 100 Å². The minimum absolute atomic E-state index is 0. The average Bonchev–Trinajstić information content (AvgIpc) is 4.20. The van der Waals surface area contributed by atoms with Crippen LogP contribution in [0, 0.1) is 0 Å². The molecule has 0 aliphatic carbocycles. The number of alkyl halides is 6. The number of nitrogens with zero attached hydrogens (tertiary/aromatic N) is 6. The number of nitrogens with one attached hydrogen (secondary N) is 2. The summed E-state index contributed by atoms with van der Waals surface area (Å²) >= 11 is 0. The van der Waals surface area contributed by atoms with Crippen molar-refractivity contribution in [2.24, 2.45) is 0 Å². The first-order valence-corrected chi connectivity index (χ1v) is 22.5. The van der Waals surface area contributed by atoms with Crippen LogP contribution in [0.25, 0.3) is 33.8 Å². The molecule has 11 nitrogen and oxygen atoms in total. The van der Waals surface area contributed by atoms with Gasteiger partial charge in [0.15, 0.2) is 5.69 Å². The summed E-state index contributed by atoms with van der Waals surface area (Å²) in [6.45, 7) is 2.05. The van der Waals surface area contributed by atoms with Gasteiger partial charge in [-0.05, 0) is 99.2 Å². The zero-order valence-electron chi connectivity index (χ0n) is 38.2. The van der Waals surface area contributed by atoms with Crippen molar-refractivity contribution < 1.29 is 41.0 Å². The molecule has 71 heavy (non-hydrogen) atoms. The minimum atomic E-state index is -4.43. The highest BCUT2D eigenvalue weighted by molar-refractivity contribution is 14.0. The summed E-state index contributed by atoms with van der Waals surface area (Å²) in [5.74, 6) is -0.762. The number of hydrogen-bond donors (Lipinski definition) is 3. The van der Waals surface area contributed by atoms with Crippen molar-refractivity contribution in [3.63, 3.8) is 0 Å². The number of aromatic carboxylic acids is 1. The van der Waals surface area contributed by atoms with Crippen LogP contribution in [0.15, 0.2) is 152 Å². The number of fused-ring (bicyclic) bond motifs is 2. The Labute approximate surface area is 425 Å². The summed E-state index contributed by atoms with van der Waals surface area (Å²) in [7, 11) is 0. The van der Waals surface area contributed by atoms with Crippen molar-refractivity contribution in [1.29, 1.82) is 0 Å². The van der Waals surface area contributed by atoms with E-state index in [-0.39, 0.29) is 50.0 Å². The van der Waals surface area contributed by atoms with Crippen molar-refractivity contribution >= 4 is 61.4 Å². The molecule has 8 aromatic rings. The van der Waals surface area contributed by atoms with Crippen molar-refractivity contribution in [1.82, 2.24) is 34.0 Å². The molecule has 2 aliphatic heterocycles. The molecule has 10 rings (SSSR count). The Kier molecular flexibility index (Phi) is 18.1. The van der Waals surface area contributed by atoms with Crippen LogP contribution in [0.4, 0.5) is 32.2 Å².